The number of hydrogen-bond donors (Lipinski definition) is 0. The molecule has 1 unspecified atom stereocenters. The fraction of sp³-hybridized carbons (Fsp3) is 0.364. The molecule has 0 N–H and O–H groups in total. The van der Waals surface area contributed by atoms with Gasteiger partial charge < -0.3 is 4.90 Å². The van der Waals surface area contributed by atoms with Gasteiger partial charge in [0, 0.05) is 25.5 Å². The summed E-state index contributed by atoms with van der Waals surface area (Å²) in [5.74, 6) is 0.0180. The summed E-state index contributed by atoms with van der Waals surface area (Å²) in [6, 6.07) is 17.7. The Bertz CT molecular complexity index is 692. The molecule has 3 nitrogen and oxygen atoms in total. The zero-order valence-electron chi connectivity index (χ0n) is 15.4. The molecule has 0 aromatic heterocycles. The van der Waals surface area contributed by atoms with Crippen LogP contribution in [0.3, 0.4) is 0 Å². The highest BCUT2D eigenvalue weighted by atomic mass is 16.2. The van der Waals surface area contributed by atoms with E-state index in [1.165, 1.54) is 5.56 Å². The minimum atomic E-state index is -0.00712. The van der Waals surface area contributed by atoms with Crippen LogP contribution in [-0.4, -0.2) is 23.6 Å². The molecule has 1 amide bonds. The molecule has 0 radical (unpaired) electrons. The first-order chi connectivity index (χ1) is 12.0. The van der Waals surface area contributed by atoms with Crippen LogP contribution in [-0.2, 0) is 11.2 Å². The van der Waals surface area contributed by atoms with E-state index in [-0.39, 0.29) is 30.6 Å². The van der Waals surface area contributed by atoms with Gasteiger partial charge in [0.1, 0.15) is 0 Å². The summed E-state index contributed by atoms with van der Waals surface area (Å²) in [6.45, 7) is 4.14. The third kappa shape index (κ3) is 5.28. The van der Waals surface area contributed by atoms with Gasteiger partial charge in [0.25, 0.3) is 0 Å². The number of ketones is 1. The third-order valence-corrected chi connectivity index (χ3v) is 4.64. The zero-order chi connectivity index (χ0) is 18.2. The summed E-state index contributed by atoms with van der Waals surface area (Å²) in [5, 5.41) is 0. The molecule has 0 aliphatic rings. The fourth-order valence-electron chi connectivity index (χ4n) is 2.86. The normalized spacial score (nSPS) is 11.8. The van der Waals surface area contributed by atoms with Gasteiger partial charge >= 0.3 is 0 Å². The summed E-state index contributed by atoms with van der Waals surface area (Å²) in [4.78, 5) is 26.4. The first kappa shape index (κ1) is 18.9. The summed E-state index contributed by atoms with van der Waals surface area (Å²) in [7, 11) is 1.80. The lowest BCUT2D eigenvalue weighted by molar-refractivity contribution is -0.131. The summed E-state index contributed by atoms with van der Waals surface area (Å²) in [5.41, 5.74) is 3.02. The molecule has 0 fully saturated rings. The molecule has 0 aliphatic heterocycles. The summed E-state index contributed by atoms with van der Waals surface area (Å²) in [6.07, 6.45) is 2.60. The highest BCUT2D eigenvalue weighted by molar-refractivity contribution is 5.98. The van der Waals surface area contributed by atoms with Gasteiger partial charge in [-0.1, -0.05) is 67.9 Å². The van der Waals surface area contributed by atoms with Crippen LogP contribution in [0.1, 0.15) is 60.6 Å². The Kier molecular flexibility index (Phi) is 6.93. The predicted octanol–water partition coefficient (Wildman–Crippen LogP) is 4.82. The van der Waals surface area contributed by atoms with Crippen LogP contribution in [0.5, 0.6) is 0 Å². The SMILES string of the molecule is CCCc1ccc(C(=O)CCC(=O)N(C)C(C)c2ccccc2)cc1. The maximum absolute atomic E-state index is 12.4. The lowest BCUT2D eigenvalue weighted by Crippen LogP contribution is -2.29. The highest BCUT2D eigenvalue weighted by Crippen LogP contribution is 2.19. The average Bonchev–Trinajstić information content (AvgIpc) is 2.66. The Balaban J connectivity index is 1.89. The molecule has 0 bridgehead atoms. The Hall–Kier alpha value is -2.42. The Morgan fingerprint density at radius 3 is 2.20 bits per heavy atom. The Labute approximate surface area is 150 Å². The van der Waals surface area contributed by atoms with E-state index < -0.39 is 0 Å². The minimum absolute atomic E-state index is 0.00266. The molecular weight excluding hydrogens is 310 g/mol. The lowest BCUT2D eigenvalue weighted by Gasteiger charge is -2.25. The molecule has 2 aromatic rings. The quantitative estimate of drug-likeness (QED) is 0.648. The smallest absolute Gasteiger partial charge is 0.223 e. The topological polar surface area (TPSA) is 37.4 Å². The summed E-state index contributed by atoms with van der Waals surface area (Å²) < 4.78 is 0. The van der Waals surface area contributed by atoms with Crippen LogP contribution in [0, 0.1) is 0 Å². The van der Waals surface area contributed by atoms with Crippen molar-refractivity contribution in [2.24, 2.45) is 0 Å². The van der Waals surface area contributed by atoms with Crippen molar-refractivity contribution in [3.05, 3.63) is 71.3 Å². The van der Waals surface area contributed by atoms with Gasteiger partial charge in [0.2, 0.25) is 5.91 Å². The maximum Gasteiger partial charge on any atom is 0.223 e. The van der Waals surface area contributed by atoms with E-state index in [4.69, 9.17) is 0 Å². The second-order valence-corrected chi connectivity index (χ2v) is 6.46. The van der Waals surface area contributed by atoms with Crippen LogP contribution in [0.4, 0.5) is 0 Å². The monoisotopic (exact) mass is 337 g/mol. The predicted molar refractivity (Wildman–Crippen MR) is 102 cm³/mol. The van der Waals surface area contributed by atoms with Crippen LogP contribution in [0.25, 0.3) is 0 Å². The van der Waals surface area contributed by atoms with Crippen molar-refractivity contribution in [2.75, 3.05) is 7.05 Å². The standard InChI is InChI=1S/C22H27NO2/c1-4-8-18-11-13-20(14-12-18)21(24)15-16-22(25)23(3)17(2)19-9-6-5-7-10-19/h5-7,9-14,17H,4,8,15-16H2,1-3H3. The van der Waals surface area contributed by atoms with Crippen molar-refractivity contribution in [3.8, 4) is 0 Å². The molecule has 0 heterocycles. The molecule has 3 heteroatoms. The first-order valence-electron chi connectivity index (χ1n) is 8.95. The van der Waals surface area contributed by atoms with Crippen LogP contribution in [0.15, 0.2) is 54.6 Å². The largest absolute Gasteiger partial charge is 0.339 e. The number of benzene rings is 2. The van der Waals surface area contributed by atoms with Crippen LogP contribution >= 0.6 is 0 Å². The molecular formula is C22H27NO2. The molecule has 2 aromatic carbocycles. The van der Waals surface area contributed by atoms with Gasteiger partial charge in [-0.05, 0) is 24.5 Å². The van der Waals surface area contributed by atoms with Gasteiger partial charge in [0.05, 0.1) is 6.04 Å². The summed E-state index contributed by atoms with van der Waals surface area (Å²) >= 11 is 0. The second kappa shape index (κ2) is 9.16. The van der Waals surface area contributed by atoms with E-state index in [9.17, 15) is 9.59 Å². The van der Waals surface area contributed by atoms with E-state index in [0.29, 0.717) is 5.56 Å². The van der Waals surface area contributed by atoms with Crippen molar-refractivity contribution >= 4 is 11.7 Å². The first-order valence-corrected chi connectivity index (χ1v) is 8.95. The molecule has 0 spiro atoms. The number of hydrogen-bond acceptors (Lipinski definition) is 2. The van der Waals surface area contributed by atoms with Crippen molar-refractivity contribution in [2.45, 2.75) is 45.6 Å². The highest BCUT2D eigenvalue weighted by Gasteiger charge is 2.18. The number of aryl methyl sites for hydroxylation is 1. The number of nitrogens with zero attached hydrogens (tertiary/aromatic N) is 1. The average molecular weight is 337 g/mol. The number of rotatable bonds is 8. The van der Waals surface area contributed by atoms with Gasteiger partial charge in [0.15, 0.2) is 5.78 Å². The van der Waals surface area contributed by atoms with Gasteiger partial charge in [-0.3, -0.25) is 9.59 Å². The van der Waals surface area contributed by atoms with E-state index in [2.05, 4.69) is 6.92 Å². The van der Waals surface area contributed by atoms with E-state index in [1.807, 2.05) is 61.5 Å². The molecule has 1 atom stereocenters. The molecule has 2 rings (SSSR count). The number of carbonyl (C=O) groups excluding carboxylic acids is 2. The maximum atomic E-state index is 12.4. The molecule has 0 saturated carbocycles. The lowest BCUT2D eigenvalue weighted by atomic mass is 10.0. The third-order valence-electron chi connectivity index (χ3n) is 4.64. The second-order valence-electron chi connectivity index (χ2n) is 6.46. The van der Waals surface area contributed by atoms with Gasteiger partial charge in [-0.2, -0.15) is 0 Å². The van der Waals surface area contributed by atoms with E-state index in [0.717, 1.165) is 18.4 Å². The van der Waals surface area contributed by atoms with Crippen LogP contribution < -0.4 is 0 Å². The van der Waals surface area contributed by atoms with Gasteiger partial charge in [-0.15, -0.1) is 0 Å². The molecule has 0 saturated heterocycles. The molecule has 25 heavy (non-hydrogen) atoms. The minimum Gasteiger partial charge on any atom is -0.339 e. The molecule has 0 aliphatic carbocycles. The molecule has 132 valence electrons. The van der Waals surface area contributed by atoms with Crippen molar-refractivity contribution in [1.29, 1.82) is 0 Å². The number of Topliss-reactive ketones (excluding diaryl/α,β-unsaturated/α-hetero) is 1. The van der Waals surface area contributed by atoms with E-state index in [1.54, 1.807) is 11.9 Å². The van der Waals surface area contributed by atoms with Crippen molar-refractivity contribution in [1.82, 2.24) is 4.90 Å². The van der Waals surface area contributed by atoms with Crippen molar-refractivity contribution in [3.63, 3.8) is 0 Å². The van der Waals surface area contributed by atoms with Gasteiger partial charge in [-0.25, -0.2) is 0 Å². The number of amides is 1. The number of carbonyl (C=O) groups is 2. The Morgan fingerprint density at radius 2 is 1.60 bits per heavy atom. The van der Waals surface area contributed by atoms with Crippen molar-refractivity contribution < 1.29 is 9.59 Å². The van der Waals surface area contributed by atoms with Crippen LogP contribution in [0.2, 0.25) is 0 Å². The zero-order valence-corrected chi connectivity index (χ0v) is 15.4. The fourth-order valence-corrected chi connectivity index (χ4v) is 2.86. The van der Waals surface area contributed by atoms with E-state index >= 15 is 0 Å². The Morgan fingerprint density at radius 1 is 0.960 bits per heavy atom.